The van der Waals surface area contributed by atoms with E-state index >= 15 is 0 Å². The molecule has 0 radical (unpaired) electrons. The van der Waals surface area contributed by atoms with Crippen LogP contribution < -0.4 is 10.6 Å². The van der Waals surface area contributed by atoms with Crippen LogP contribution in [0.25, 0.3) is 10.9 Å². The molecule has 19 heavy (non-hydrogen) atoms. The lowest BCUT2D eigenvalue weighted by molar-refractivity contribution is 0.218. The van der Waals surface area contributed by atoms with E-state index in [2.05, 4.69) is 20.6 Å². The Bertz CT molecular complexity index is 564. The van der Waals surface area contributed by atoms with Crippen LogP contribution in [0, 0.1) is 0 Å². The number of nitrogens with one attached hydrogen (secondary N) is 2. The molecule has 0 bridgehead atoms. The van der Waals surface area contributed by atoms with Crippen LogP contribution in [0.2, 0.25) is 0 Å². The number of para-hydroxylation sites is 1. The number of hydrogen-bond acceptors (Lipinski definition) is 4. The van der Waals surface area contributed by atoms with Crippen molar-refractivity contribution in [1.29, 1.82) is 0 Å². The van der Waals surface area contributed by atoms with Gasteiger partial charge in [0.15, 0.2) is 0 Å². The molecule has 0 unspecified atom stereocenters. The summed E-state index contributed by atoms with van der Waals surface area (Å²) in [5, 5.41) is 6.95. The maximum atomic E-state index is 11.3. The maximum Gasteiger partial charge on any atom is 0.316 e. The first-order chi connectivity index (χ1) is 9.18. The van der Waals surface area contributed by atoms with Gasteiger partial charge in [0.1, 0.15) is 12.1 Å². The molecule has 1 aromatic carbocycles. The van der Waals surface area contributed by atoms with Gasteiger partial charge in [-0.15, -0.1) is 0 Å². The van der Waals surface area contributed by atoms with Crippen molar-refractivity contribution >= 4 is 22.8 Å². The van der Waals surface area contributed by atoms with Crippen molar-refractivity contribution in [3.05, 3.63) is 30.6 Å². The maximum absolute atomic E-state index is 11.3. The minimum Gasteiger partial charge on any atom is -0.368 e. The topological polar surface area (TPSA) is 70.2 Å². The number of carbonyl (C=O) groups excluding carboxylic acids is 1. The van der Waals surface area contributed by atoms with Crippen LogP contribution in [0.4, 0.5) is 10.6 Å². The minimum absolute atomic E-state index is 0.102. The Morgan fingerprint density at radius 2 is 2.00 bits per heavy atom. The lowest BCUT2D eigenvalue weighted by atomic mass is 10.2. The van der Waals surface area contributed by atoms with Crippen molar-refractivity contribution in [3.8, 4) is 0 Å². The van der Waals surface area contributed by atoms with Gasteiger partial charge in [-0.3, -0.25) is 0 Å². The van der Waals surface area contributed by atoms with Gasteiger partial charge in [-0.2, -0.15) is 0 Å². The summed E-state index contributed by atoms with van der Waals surface area (Å²) in [5.41, 5.74) is 0.900. The Hall–Kier alpha value is -2.37. The van der Waals surface area contributed by atoms with E-state index < -0.39 is 0 Å². The SMILES string of the molecule is CN(C)C(=O)NCCNc1ncnc2ccccc12. The van der Waals surface area contributed by atoms with Crippen LogP contribution in [-0.2, 0) is 0 Å². The third kappa shape index (κ3) is 3.31. The van der Waals surface area contributed by atoms with Crippen molar-refractivity contribution in [2.75, 3.05) is 32.5 Å². The van der Waals surface area contributed by atoms with Crippen molar-refractivity contribution < 1.29 is 4.79 Å². The van der Waals surface area contributed by atoms with Gasteiger partial charge in [0.05, 0.1) is 5.52 Å². The number of carbonyl (C=O) groups is 1. The van der Waals surface area contributed by atoms with Crippen LogP contribution in [0.15, 0.2) is 30.6 Å². The number of urea groups is 1. The van der Waals surface area contributed by atoms with E-state index in [0.29, 0.717) is 13.1 Å². The largest absolute Gasteiger partial charge is 0.368 e. The Labute approximate surface area is 111 Å². The highest BCUT2D eigenvalue weighted by Gasteiger charge is 2.03. The number of benzene rings is 1. The van der Waals surface area contributed by atoms with Crippen LogP contribution in [0.3, 0.4) is 0 Å². The Kier molecular flexibility index (Phi) is 4.12. The number of rotatable bonds is 4. The summed E-state index contributed by atoms with van der Waals surface area (Å²) < 4.78 is 0. The number of aromatic nitrogens is 2. The lowest BCUT2D eigenvalue weighted by Crippen LogP contribution is -2.37. The van der Waals surface area contributed by atoms with Crippen molar-refractivity contribution in [2.45, 2.75) is 0 Å². The molecule has 100 valence electrons. The van der Waals surface area contributed by atoms with Crippen LogP contribution in [0.5, 0.6) is 0 Å². The molecule has 2 N–H and O–H groups in total. The summed E-state index contributed by atoms with van der Waals surface area (Å²) in [6.07, 6.45) is 1.53. The molecule has 0 aliphatic rings. The van der Waals surface area contributed by atoms with E-state index in [1.807, 2.05) is 24.3 Å². The third-order valence-corrected chi connectivity index (χ3v) is 2.64. The van der Waals surface area contributed by atoms with Gasteiger partial charge < -0.3 is 15.5 Å². The summed E-state index contributed by atoms with van der Waals surface area (Å²) in [6, 6.07) is 7.70. The Morgan fingerprint density at radius 1 is 1.21 bits per heavy atom. The molecule has 2 amide bonds. The number of nitrogens with zero attached hydrogens (tertiary/aromatic N) is 3. The van der Waals surface area contributed by atoms with E-state index in [0.717, 1.165) is 16.7 Å². The second kappa shape index (κ2) is 5.99. The number of hydrogen-bond donors (Lipinski definition) is 2. The second-order valence-corrected chi connectivity index (χ2v) is 4.29. The van der Waals surface area contributed by atoms with Gasteiger partial charge in [-0.05, 0) is 12.1 Å². The summed E-state index contributed by atoms with van der Waals surface area (Å²) in [5.74, 6) is 0.782. The summed E-state index contributed by atoms with van der Waals surface area (Å²) in [4.78, 5) is 21.2. The van der Waals surface area contributed by atoms with Crippen LogP contribution in [0.1, 0.15) is 0 Å². The number of amides is 2. The highest BCUT2D eigenvalue weighted by molar-refractivity contribution is 5.88. The summed E-state index contributed by atoms with van der Waals surface area (Å²) >= 11 is 0. The van der Waals surface area contributed by atoms with Crippen molar-refractivity contribution in [3.63, 3.8) is 0 Å². The highest BCUT2D eigenvalue weighted by atomic mass is 16.2. The van der Waals surface area contributed by atoms with Gasteiger partial charge in [-0.25, -0.2) is 14.8 Å². The Balaban J connectivity index is 1.93. The van der Waals surface area contributed by atoms with Crippen molar-refractivity contribution in [2.24, 2.45) is 0 Å². The van der Waals surface area contributed by atoms with Gasteiger partial charge in [0.2, 0.25) is 0 Å². The molecule has 0 aliphatic carbocycles. The first-order valence-electron chi connectivity index (χ1n) is 6.07. The quantitative estimate of drug-likeness (QED) is 0.812. The second-order valence-electron chi connectivity index (χ2n) is 4.29. The molecule has 2 rings (SSSR count). The van der Waals surface area contributed by atoms with E-state index in [4.69, 9.17) is 0 Å². The first kappa shape index (κ1) is 13.1. The molecule has 6 nitrogen and oxygen atoms in total. The molecule has 2 aromatic rings. The molecule has 0 saturated heterocycles. The van der Waals surface area contributed by atoms with E-state index in [1.165, 1.54) is 11.2 Å². The van der Waals surface area contributed by atoms with E-state index in [9.17, 15) is 4.79 Å². The van der Waals surface area contributed by atoms with Crippen LogP contribution >= 0.6 is 0 Å². The monoisotopic (exact) mass is 259 g/mol. The van der Waals surface area contributed by atoms with E-state index in [-0.39, 0.29) is 6.03 Å². The third-order valence-electron chi connectivity index (χ3n) is 2.64. The van der Waals surface area contributed by atoms with Gasteiger partial charge >= 0.3 is 6.03 Å². The number of fused-ring (bicyclic) bond motifs is 1. The van der Waals surface area contributed by atoms with Gasteiger partial charge in [0, 0.05) is 32.6 Å². The predicted octanol–water partition coefficient (Wildman–Crippen LogP) is 1.31. The average molecular weight is 259 g/mol. The minimum atomic E-state index is -0.102. The molecular weight excluding hydrogens is 242 g/mol. The molecule has 0 spiro atoms. The highest BCUT2D eigenvalue weighted by Crippen LogP contribution is 2.17. The zero-order chi connectivity index (χ0) is 13.7. The van der Waals surface area contributed by atoms with E-state index in [1.54, 1.807) is 14.1 Å². The molecule has 1 aromatic heterocycles. The normalized spacial score (nSPS) is 10.2. The first-order valence-corrected chi connectivity index (χ1v) is 6.07. The van der Waals surface area contributed by atoms with Crippen LogP contribution in [-0.4, -0.2) is 48.1 Å². The van der Waals surface area contributed by atoms with Gasteiger partial charge in [-0.1, -0.05) is 12.1 Å². The molecule has 6 heteroatoms. The molecule has 0 aliphatic heterocycles. The lowest BCUT2D eigenvalue weighted by Gasteiger charge is -2.12. The molecule has 0 fully saturated rings. The fourth-order valence-corrected chi connectivity index (χ4v) is 1.65. The molecule has 0 saturated carbocycles. The fourth-order valence-electron chi connectivity index (χ4n) is 1.65. The smallest absolute Gasteiger partial charge is 0.316 e. The number of anilines is 1. The standard InChI is InChI=1S/C13H17N5O/c1-18(2)13(19)15-8-7-14-12-10-5-3-4-6-11(10)16-9-17-12/h3-6,9H,7-8H2,1-2H3,(H,15,19)(H,14,16,17). The molecular formula is C13H17N5O. The average Bonchev–Trinajstić information content (AvgIpc) is 2.43. The fraction of sp³-hybridized carbons (Fsp3) is 0.308. The van der Waals surface area contributed by atoms with Crippen molar-refractivity contribution in [1.82, 2.24) is 20.2 Å². The molecule has 1 heterocycles. The zero-order valence-corrected chi connectivity index (χ0v) is 11.1. The van der Waals surface area contributed by atoms with Gasteiger partial charge in [0.25, 0.3) is 0 Å². The summed E-state index contributed by atoms with van der Waals surface area (Å²) in [6.45, 7) is 1.15. The predicted molar refractivity (Wildman–Crippen MR) is 75.1 cm³/mol. The Morgan fingerprint density at radius 3 is 2.79 bits per heavy atom. The molecule has 0 atom stereocenters. The summed E-state index contributed by atoms with van der Waals surface area (Å²) in [7, 11) is 3.42. The zero-order valence-electron chi connectivity index (χ0n) is 11.1.